The van der Waals surface area contributed by atoms with Gasteiger partial charge in [0.2, 0.25) is 0 Å². The normalized spacial score (nSPS) is 12.0. The minimum absolute atomic E-state index is 0.431. The lowest BCUT2D eigenvalue weighted by molar-refractivity contribution is -0.137. The molecule has 3 nitrogen and oxygen atoms in total. The van der Waals surface area contributed by atoms with Crippen LogP contribution >= 0.6 is 0 Å². The summed E-state index contributed by atoms with van der Waals surface area (Å²) in [5.74, 6) is 0. The molecule has 22 heavy (non-hydrogen) atoms. The van der Waals surface area contributed by atoms with Gasteiger partial charge in [-0.25, -0.2) is 0 Å². The number of hydrogen-bond acceptors (Lipinski definition) is 3. The van der Waals surface area contributed by atoms with Crippen molar-refractivity contribution in [2.24, 2.45) is 0 Å². The van der Waals surface area contributed by atoms with Crippen molar-refractivity contribution in [1.82, 2.24) is 4.90 Å². The maximum absolute atomic E-state index is 12.7. The van der Waals surface area contributed by atoms with Crippen LogP contribution in [0, 0.1) is 0 Å². The Hall–Kier alpha value is -1.18. The average Bonchev–Trinajstić information content (AvgIpc) is 2.39. The molecule has 0 saturated carbocycles. The molecule has 0 aliphatic rings. The summed E-state index contributed by atoms with van der Waals surface area (Å²) in [5, 5.41) is 0. The van der Waals surface area contributed by atoms with E-state index in [0.717, 1.165) is 12.2 Å². The fourth-order valence-electron chi connectivity index (χ4n) is 2.10. The van der Waals surface area contributed by atoms with E-state index in [4.69, 9.17) is 9.53 Å². The summed E-state index contributed by atoms with van der Waals surface area (Å²) in [6.07, 6.45) is -3.40. The summed E-state index contributed by atoms with van der Waals surface area (Å²) in [6.45, 7) is 9.58. The molecule has 0 saturated heterocycles. The molecule has 0 aliphatic carbocycles. The van der Waals surface area contributed by atoms with Crippen LogP contribution in [0.2, 0.25) is 19.6 Å². The van der Waals surface area contributed by atoms with Crippen LogP contribution < -0.4 is 0 Å². The highest BCUT2D eigenvalue weighted by atomic mass is 28.3. The Bertz CT molecular complexity index is 447. The van der Waals surface area contributed by atoms with Crippen molar-refractivity contribution in [2.45, 2.75) is 32.4 Å². The largest absolute Gasteiger partial charge is 0.416 e. The topological polar surface area (TPSA) is 29.5 Å². The molecule has 1 aromatic carbocycles. The molecule has 0 N–H and O–H groups in total. The summed E-state index contributed by atoms with van der Waals surface area (Å²) in [5.41, 5.74) is 0.0653. The van der Waals surface area contributed by atoms with Crippen molar-refractivity contribution in [3.8, 4) is 0 Å². The van der Waals surface area contributed by atoms with E-state index >= 15 is 0 Å². The first-order valence-electron chi connectivity index (χ1n) is 6.78. The molecule has 126 valence electrons. The van der Waals surface area contributed by atoms with E-state index in [0.29, 0.717) is 18.8 Å². The van der Waals surface area contributed by atoms with Crippen molar-refractivity contribution in [1.29, 1.82) is 0 Å². The van der Waals surface area contributed by atoms with Gasteiger partial charge in [-0.15, -0.1) is 0 Å². The highest BCUT2D eigenvalue weighted by molar-refractivity contribution is 6.76. The Morgan fingerprint density at radius 3 is 2.27 bits per heavy atom. The molecular weight excluding hydrogens is 311 g/mol. The first-order chi connectivity index (χ1) is 10.1. The molecule has 0 heterocycles. The molecular formula is C15H24F3NO2Si. The van der Waals surface area contributed by atoms with Crippen LogP contribution in [0.1, 0.15) is 11.1 Å². The Morgan fingerprint density at radius 2 is 1.82 bits per heavy atom. The van der Waals surface area contributed by atoms with Gasteiger partial charge in [0, 0.05) is 13.7 Å². The Morgan fingerprint density at radius 1 is 1.23 bits per heavy atom. The van der Waals surface area contributed by atoms with Gasteiger partial charge in [-0.2, -0.15) is 13.2 Å². The second-order valence-electron chi connectivity index (χ2n) is 6.16. The van der Waals surface area contributed by atoms with Crippen LogP contribution in [0.25, 0.3) is 0 Å². The van der Waals surface area contributed by atoms with E-state index in [-0.39, 0.29) is 0 Å². The molecule has 0 radical (unpaired) electrons. The predicted molar refractivity (Wildman–Crippen MR) is 84.2 cm³/mol. The summed E-state index contributed by atoms with van der Waals surface area (Å²) in [7, 11) is 0.263. The number of methoxy groups -OCH3 is 1. The number of halogens is 3. The number of alkyl halides is 3. The molecule has 7 heteroatoms. The number of hydrogen-bond donors (Lipinski definition) is 0. The van der Waals surface area contributed by atoms with Crippen molar-refractivity contribution >= 4 is 14.9 Å². The number of rotatable bonds is 6. The molecule has 1 aromatic rings. The molecule has 0 bridgehead atoms. The van der Waals surface area contributed by atoms with Gasteiger partial charge >= 0.3 is 6.18 Å². The number of carbonyl (C=O) groups excluding carboxylic acids is 1. The molecule has 0 atom stereocenters. The molecule has 1 rings (SSSR count). The number of ether oxygens (including phenoxy) is 1. The molecule has 0 fully saturated rings. The third-order valence-electron chi connectivity index (χ3n) is 2.67. The van der Waals surface area contributed by atoms with Crippen LogP contribution in [-0.4, -0.2) is 39.8 Å². The van der Waals surface area contributed by atoms with Gasteiger partial charge < -0.3 is 9.53 Å². The number of benzene rings is 1. The van der Waals surface area contributed by atoms with Crippen LogP contribution in [-0.2, 0) is 22.3 Å². The third kappa shape index (κ3) is 8.31. The fraction of sp³-hybridized carbons (Fsp3) is 0.533. The van der Waals surface area contributed by atoms with E-state index in [2.05, 4.69) is 24.5 Å². The van der Waals surface area contributed by atoms with Gasteiger partial charge in [0.15, 0.2) is 0 Å². The zero-order chi connectivity index (χ0) is 17.4. The first-order valence-corrected chi connectivity index (χ1v) is 10.5. The van der Waals surface area contributed by atoms with Crippen molar-refractivity contribution < 1.29 is 22.7 Å². The standard InChI is InChI=1S/C14H22F3NOSi.CH2O/c1-19-10-18(11-20(2,3)4)9-12-6-5-7-13(8-12)14(15,16)17;1-2/h5-8H,9-11H2,1-4H3;1H2. The van der Waals surface area contributed by atoms with Gasteiger partial charge in [0.1, 0.15) is 6.79 Å². The molecule has 0 unspecified atom stereocenters. The van der Waals surface area contributed by atoms with Crippen molar-refractivity contribution in [3.63, 3.8) is 0 Å². The monoisotopic (exact) mass is 335 g/mol. The summed E-state index contributed by atoms with van der Waals surface area (Å²) >= 11 is 0. The number of carbonyl (C=O) groups is 1. The lowest BCUT2D eigenvalue weighted by atomic mass is 10.1. The number of nitrogens with zero attached hydrogens (tertiary/aromatic N) is 1. The Kier molecular flexibility index (Phi) is 8.58. The quantitative estimate of drug-likeness (QED) is 0.585. The maximum Gasteiger partial charge on any atom is 0.416 e. The van der Waals surface area contributed by atoms with Crippen LogP contribution in [0.5, 0.6) is 0 Å². The van der Waals surface area contributed by atoms with E-state index < -0.39 is 19.8 Å². The SMILES string of the molecule is C=O.COCN(Cc1cccc(C(F)(F)F)c1)C[Si](C)(C)C. The molecule has 0 aromatic heterocycles. The van der Waals surface area contributed by atoms with Crippen LogP contribution in [0.15, 0.2) is 24.3 Å². The maximum atomic E-state index is 12.7. The predicted octanol–water partition coefficient (Wildman–Crippen LogP) is 3.80. The van der Waals surface area contributed by atoms with Gasteiger partial charge in [-0.1, -0.05) is 37.8 Å². The van der Waals surface area contributed by atoms with Gasteiger partial charge in [-0.3, -0.25) is 4.90 Å². The third-order valence-corrected chi connectivity index (χ3v) is 4.07. The minimum Gasteiger partial charge on any atom is -0.369 e. The molecule has 0 amide bonds. The van der Waals surface area contributed by atoms with Gasteiger partial charge in [-0.05, 0) is 17.8 Å². The molecule has 0 spiro atoms. The zero-order valence-electron chi connectivity index (χ0n) is 13.5. The van der Waals surface area contributed by atoms with Gasteiger partial charge in [0.05, 0.1) is 20.4 Å². The molecule has 0 aliphatic heterocycles. The lowest BCUT2D eigenvalue weighted by Crippen LogP contribution is -2.40. The van der Waals surface area contributed by atoms with E-state index in [1.807, 2.05) is 6.79 Å². The smallest absolute Gasteiger partial charge is 0.369 e. The second-order valence-corrected chi connectivity index (χ2v) is 11.6. The summed E-state index contributed by atoms with van der Waals surface area (Å²) < 4.78 is 43.2. The fourth-order valence-corrected chi connectivity index (χ4v) is 3.65. The summed E-state index contributed by atoms with van der Waals surface area (Å²) in [4.78, 5) is 10.1. The Balaban J connectivity index is 0.00000211. The second kappa shape index (κ2) is 9.07. The highest BCUT2D eigenvalue weighted by Crippen LogP contribution is 2.29. The van der Waals surface area contributed by atoms with Crippen LogP contribution in [0.4, 0.5) is 13.2 Å². The highest BCUT2D eigenvalue weighted by Gasteiger charge is 2.30. The first kappa shape index (κ1) is 20.8. The zero-order valence-corrected chi connectivity index (χ0v) is 14.5. The van der Waals surface area contributed by atoms with Crippen LogP contribution in [0.3, 0.4) is 0 Å². The van der Waals surface area contributed by atoms with E-state index in [1.165, 1.54) is 12.1 Å². The average molecular weight is 335 g/mol. The minimum atomic E-state index is -4.29. The lowest BCUT2D eigenvalue weighted by Gasteiger charge is -2.28. The van der Waals surface area contributed by atoms with E-state index in [9.17, 15) is 13.2 Å². The van der Waals surface area contributed by atoms with Crippen molar-refractivity contribution in [2.75, 3.05) is 20.0 Å². The van der Waals surface area contributed by atoms with Crippen molar-refractivity contribution in [3.05, 3.63) is 35.4 Å². The van der Waals surface area contributed by atoms with Gasteiger partial charge in [0.25, 0.3) is 0 Å². The van der Waals surface area contributed by atoms with E-state index in [1.54, 1.807) is 13.2 Å². The summed E-state index contributed by atoms with van der Waals surface area (Å²) in [6, 6.07) is 5.50. The Labute approximate surface area is 131 Å².